The highest BCUT2D eigenvalue weighted by Gasteiger charge is 2.08. The minimum atomic E-state index is -0.292. The van der Waals surface area contributed by atoms with E-state index in [4.69, 9.17) is 0 Å². The van der Waals surface area contributed by atoms with E-state index in [0.29, 0.717) is 12.4 Å². The van der Waals surface area contributed by atoms with E-state index in [9.17, 15) is 4.79 Å². The van der Waals surface area contributed by atoms with Gasteiger partial charge in [0.05, 0.1) is 12.2 Å². The van der Waals surface area contributed by atoms with Gasteiger partial charge in [-0.2, -0.15) is 5.10 Å². The molecule has 21 heavy (non-hydrogen) atoms. The van der Waals surface area contributed by atoms with Crippen LogP contribution in [-0.2, 0) is 6.54 Å². The van der Waals surface area contributed by atoms with Gasteiger partial charge in [-0.15, -0.1) is 10.2 Å². The molecule has 0 radical (unpaired) electrons. The largest absolute Gasteiger partial charge is 0.345 e. The molecule has 3 aromatic heterocycles. The fourth-order valence-electron chi connectivity index (χ4n) is 1.74. The molecule has 0 aliphatic rings. The number of hydrogen-bond donors (Lipinski definition) is 1. The van der Waals surface area contributed by atoms with Crippen molar-refractivity contribution >= 4 is 5.91 Å². The van der Waals surface area contributed by atoms with E-state index in [0.717, 1.165) is 5.69 Å². The Bertz CT molecular complexity index is 709. The molecular weight excluding hydrogens is 268 g/mol. The zero-order valence-corrected chi connectivity index (χ0v) is 11.0. The predicted octanol–water partition coefficient (Wildman–Crippen LogP) is 0.987. The SMILES string of the molecule is O=C(NCc1ccccn1)c1ccc(-n2cccn2)nn1. The van der Waals surface area contributed by atoms with Gasteiger partial charge in [0.15, 0.2) is 11.5 Å². The van der Waals surface area contributed by atoms with Crippen LogP contribution < -0.4 is 5.32 Å². The third-order valence-electron chi connectivity index (χ3n) is 2.78. The van der Waals surface area contributed by atoms with Crippen LogP contribution in [0.5, 0.6) is 0 Å². The van der Waals surface area contributed by atoms with Crippen molar-refractivity contribution in [1.29, 1.82) is 0 Å². The van der Waals surface area contributed by atoms with Gasteiger partial charge in [0, 0.05) is 18.6 Å². The summed E-state index contributed by atoms with van der Waals surface area (Å²) in [5, 5.41) is 14.7. The topological polar surface area (TPSA) is 85.6 Å². The molecule has 0 aliphatic heterocycles. The Balaban J connectivity index is 1.65. The van der Waals surface area contributed by atoms with Crippen LogP contribution in [0.2, 0.25) is 0 Å². The van der Waals surface area contributed by atoms with Gasteiger partial charge in [0.2, 0.25) is 0 Å². The minimum Gasteiger partial charge on any atom is -0.345 e. The molecular formula is C14H12N6O. The smallest absolute Gasteiger partial charge is 0.272 e. The Morgan fingerprint density at radius 3 is 2.71 bits per heavy atom. The highest BCUT2D eigenvalue weighted by Crippen LogP contribution is 2.02. The van der Waals surface area contributed by atoms with E-state index in [-0.39, 0.29) is 11.6 Å². The van der Waals surface area contributed by atoms with Crippen LogP contribution in [0.1, 0.15) is 16.2 Å². The number of carbonyl (C=O) groups is 1. The molecule has 0 unspecified atom stereocenters. The lowest BCUT2D eigenvalue weighted by atomic mass is 10.3. The van der Waals surface area contributed by atoms with Crippen LogP contribution in [0.4, 0.5) is 0 Å². The number of nitrogens with one attached hydrogen (secondary N) is 1. The summed E-state index contributed by atoms with van der Waals surface area (Å²) >= 11 is 0. The number of carbonyl (C=O) groups excluding carboxylic acids is 1. The fourth-order valence-corrected chi connectivity index (χ4v) is 1.74. The van der Waals surface area contributed by atoms with E-state index in [1.165, 1.54) is 0 Å². The first-order valence-corrected chi connectivity index (χ1v) is 6.35. The maximum absolute atomic E-state index is 12.0. The van der Waals surface area contributed by atoms with Crippen molar-refractivity contribution in [3.05, 3.63) is 66.4 Å². The molecule has 3 rings (SSSR count). The van der Waals surface area contributed by atoms with Crippen molar-refractivity contribution in [3.63, 3.8) is 0 Å². The molecule has 0 spiro atoms. The van der Waals surface area contributed by atoms with Crippen LogP contribution in [0.3, 0.4) is 0 Å². The Kier molecular flexibility index (Phi) is 3.64. The van der Waals surface area contributed by atoms with Crippen LogP contribution in [0.25, 0.3) is 5.82 Å². The van der Waals surface area contributed by atoms with Crippen molar-refractivity contribution in [2.24, 2.45) is 0 Å². The van der Waals surface area contributed by atoms with Gasteiger partial charge in [-0.3, -0.25) is 9.78 Å². The summed E-state index contributed by atoms with van der Waals surface area (Å²) in [6.45, 7) is 0.349. The molecule has 0 saturated heterocycles. The van der Waals surface area contributed by atoms with Gasteiger partial charge >= 0.3 is 0 Å². The van der Waals surface area contributed by atoms with Crippen molar-refractivity contribution in [3.8, 4) is 5.82 Å². The standard InChI is InChI=1S/C14H12N6O/c21-14(16-10-11-4-1-2-7-15-11)12-5-6-13(19-18-12)20-9-3-8-17-20/h1-9H,10H2,(H,16,21). The molecule has 7 nitrogen and oxygen atoms in total. The summed E-state index contributed by atoms with van der Waals surface area (Å²) in [4.78, 5) is 16.1. The second-order valence-electron chi connectivity index (χ2n) is 4.23. The van der Waals surface area contributed by atoms with E-state index >= 15 is 0 Å². The molecule has 0 fully saturated rings. The monoisotopic (exact) mass is 280 g/mol. The highest BCUT2D eigenvalue weighted by molar-refractivity contribution is 5.92. The maximum atomic E-state index is 12.0. The van der Waals surface area contributed by atoms with Crippen molar-refractivity contribution in [2.45, 2.75) is 6.54 Å². The lowest BCUT2D eigenvalue weighted by Crippen LogP contribution is -2.24. The molecule has 7 heteroatoms. The lowest BCUT2D eigenvalue weighted by molar-refractivity contribution is 0.0944. The average molecular weight is 280 g/mol. The van der Waals surface area contributed by atoms with Gasteiger partial charge in [-0.25, -0.2) is 4.68 Å². The van der Waals surface area contributed by atoms with Crippen molar-refractivity contribution in [2.75, 3.05) is 0 Å². The molecule has 0 atom stereocenters. The molecule has 1 amide bonds. The summed E-state index contributed by atoms with van der Waals surface area (Å²) in [7, 11) is 0. The van der Waals surface area contributed by atoms with Crippen LogP contribution in [-0.4, -0.2) is 30.9 Å². The van der Waals surface area contributed by atoms with E-state index < -0.39 is 0 Å². The van der Waals surface area contributed by atoms with Gasteiger partial charge < -0.3 is 5.32 Å². The maximum Gasteiger partial charge on any atom is 0.272 e. The molecule has 0 aliphatic carbocycles. The summed E-state index contributed by atoms with van der Waals surface area (Å²) in [6, 6.07) is 10.6. The van der Waals surface area contributed by atoms with Crippen molar-refractivity contribution < 1.29 is 4.79 Å². The summed E-state index contributed by atoms with van der Waals surface area (Å²) < 4.78 is 1.57. The third kappa shape index (κ3) is 3.08. The zero-order chi connectivity index (χ0) is 14.5. The van der Waals surface area contributed by atoms with E-state index in [2.05, 4.69) is 25.6 Å². The van der Waals surface area contributed by atoms with Crippen LogP contribution in [0.15, 0.2) is 55.0 Å². The normalized spacial score (nSPS) is 10.3. The minimum absolute atomic E-state index is 0.252. The first kappa shape index (κ1) is 12.9. The van der Waals surface area contributed by atoms with E-state index in [1.807, 2.05) is 18.2 Å². The summed E-state index contributed by atoms with van der Waals surface area (Å²) in [6.07, 6.45) is 5.08. The Morgan fingerprint density at radius 2 is 2.05 bits per heavy atom. The first-order valence-electron chi connectivity index (χ1n) is 6.35. The number of amides is 1. The number of pyridine rings is 1. The Morgan fingerprint density at radius 1 is 1.10 bits per heavy atom. The number of aromatic nitrogens is 5. The number of hydrogen-bond acceptors (Lipinski definition) is 5. The fraction of sp³-hybridized carbons (Fsp3) is 0.0714. The van der Waals surface area contributed by atoms with Crippen LogP contribution in [0, 0.1) is 0 Å². The molecule has 0 aromatic carbocycles. The number of rotatable bonds is 4. The molecule has 104 valence electrons. The first-order chi connectivity index (χ1) is 10.3. The third-order valence-corrected chi connectivity index (χ3v) is 2.78. The van der Waals surface area contributed by atoms with Gasteiger partial charge in [-0.05, 0) is 30.3 Å². The van der Waals surface area contributed by atoms with Crippen LogP contribution >= 0.6 is 0 Å². The highest BCUT2D eigenvalue weighted by atomic mass is 16.1. The molecule has 3 aromatic rings. The quantitative estimate of drug-likeness (QED) is 0.770. The molecule has 0 saturated carbocycles. The molecule has 1 N–H and O–H groups in total. The van der Waals surface area contributed by atoms with Gasteiger partial charge in [0.1, 0.15) is 0 Å². The second-order valence-corrected chi connectivity index (χ2v) is 4.23. The molecule has 3 heterocycles. The average Bonchev–Trinajstić information content (AvgIpc) is 3.08. The lowest BCUT2D eigenvalue weighted by Gasteiger charge is -2.04. The zero-order valence-electron chi connectivity index (χ0n) is 11.0. The second kappa shape index (κ2) is 5.91. The Labute approximate surface area is 120 Å². The molecule has 0 bridgehead atoms. The van der Waals surface area contributed by atoms with Crippen molar-refractivity contribution in [1.82, 2.24) is 30.3 Å². The summed E-state index contributed by atoms with van der Waals surface area (Å²) in [5.41, 5.74) is 1.04. The Hall–Kier alpha value is -3.09. The summed E-state index contributed by atoms with van der Waals surface area (Å²) in [5.74, 6) is 0.265. The van der Waals surface area contributed by atoms with E-state index in [1.54, 1.807) is 41.5 Å². The van der Waals surface area contributed by atoms with Gasteiger partial charge in [0.25, 0.3) is 5.91 Å². The van der Waals surface area contributed by atoms with Gasteiger partial charge in [-0.1, -0.05) is 6.07 Å². The number of nitrogens with zero attached hydrogens (tertiary/aromatic N) is 5. The predicted molar refractivity (Wildman–Crippen MR) is 74.6 cm³/mol.